The van der Waals surface area contributed by atoms with Crippen LogP contribution in [0.3, 0.4) is 0 Å². The van der Waals surface area contributed by atoms with E-state index < -0.39 is 10.8 Å². The van der Waals surface area contributed by atoms with Crippen LogP contribution >= 0.6 is 0 Å². The highest BCUT2D eigenvalue weighted by Crippen LogP contribution is 2.35. The van der Waals surface area contributed by atoms with Crippen molar-refractivity contribution >= 4 is 11.6 Å². The molecule has 0 aromatic heterocycles. The summed E-state index contributed by atoms with van der Waals surface area (Å²) in [5, 5.41) is 14.4. The van der Waals surface area contributed by atoms with Gasteiger partial charge in [0.1, 0.15) is 5.56 Å². The first-order valence-electron chi connectivity index (χ1n) is 9.77. The topological polar surface area (TPSA) is 103 Å². The predicted octanol–water partition coefficient (Wildman–Crippen LogP) is 2.62. The molecule has 2 atom stereocenters. The number of carbonyl (C=O) groups is 1. The molecule has 1 saturated heterocycles. The molecule has 162 valence electrons. The van der Waals surface area contributed by atoms with Crippen LogP contribution in [-0.4, -0.2) is 66.8 Å². The summed E-state index contributed by atoms with van der Waals surface area (Å²) < 4.78 is 16.4. The lowest BCUT2D eigenvalue weighted by Gasteiger charge is -2.45. The molecule has 1 N–H and O–H groups in total. The standard InChI is InChI=1S/C20H31N3O6/c1-7-28-18-9-16(23(25)26)15(8-17(18)27-6)19(24)21-12-20(4,5)22-10-13(2)29-14(3)11-22/h8-9,13-14H,7,10-12H2,1-6H3,(H,21,24). The Hall–Kier alpha value is -2.39. The van der Waals surface area contributed by atoms with Gasteiger partial charge in [-0.25, -0.2) is 0 Å². The maximum Gasteiger partial charge on any atom is 0.286 e. The van der Waals surface area contributed by atoms with Crippen LogP contribution in [0.4, 0.5) is 5.69 Å². The number of morpholine rings is 1. The molecule has 1 aliphatic rings. The van der Waals surface area contributed by atoms with Crippen LogP contribution in [0.2, 0.25) is 0 Å². The zero-order valence-corrected chi connectivity index (χ0v) is 18.0. The van der Waals surface area contributed by atoms with Crippen LogP contribution < -0.4 is 14.8 Å². The zero-order valence-electron chi connectivity index (χ0n) is 18.0. The minimum absolute atomic E-state index is 0.0604. The van der Waals surface area contributed by atoms with E-state index in [1.54, 1.807) is 6.92 Å². The van der Waals surface area contributed by atoms with Crippen LogP contribution in [0.15, 0.2) is 12.1 Å². The Balaban J connectivity index is 2.20. The molecule has 2 unspecified atom stereocenters. The van der Waals surface area contributed by atoms with E-state index in [2.05, 4.69) is 10.2 Å². The summed E-state index contributed by atoms with van der Waals surface area (Å²) in [6, 6.07) is 2.58. The van der Waals surface area contributed by atoms with Crippen molar-refractivity contribution in [2.45, 2.75) is 52.4 Å². The highest BCUT2D eigenvalue weighted by atomic mass is 16.6. The monoisotopic (exact) mass is 409 g/mol. The number of benzene rings is 1. The van der Waals surface area contributed by atoms with Crippen LogP contribution in [0.5, 0.6) is 11.5 Å². The highest BCUT2D eigenvalue weighted by Gasteiger charge is 2.34. The Bertz CT molecular complexity index is 742. The van der Waals surface area contributed by atoms with E-state index in [9.17, 15) is 14.9 Å². The second-order valence-corrected chi connectivity index (χ2v) is 7.87. The van der Waals surface area contributed by atoms with Crippen molar-refractivity contribution in [3.05, 3.63) is 27.8 Å². The van der Waals surface area contributed by atoms with Crippen molar-refractivity contribution in [2.75, 3.05) is 33.4 Å². The van der Waals surface area contributed by atoms with Gasteiger partial charge in [0.25, 0.3) is 11.6 Å². The lowest BCUT2D eigenvalue weighted by Crippen LogP contribution is -2.58. The van der Waals surface area contributed by atoms with Crippen molar-refractivity contribution < 1.29 is 23.9 Å². The number of nitrogens with one attached hydrogen (secondary N) is 1. The average molecular weight is 409 g/mol. The summed E-state index contributed by atoms with van der Waals surface area (Å²) in [6.45, 7) is 12.0. The van der Waals surface area contributed by atoms with Crippen LogP contribution in [0, 0.1) is 10.1 Å². The number of hydrogen-bond acceptors (Lipinski definition) is 7. The third kappa shape index (κ3) is 5.57. The van der Waals surface area contributed by atoms with E-state index in [1.807, 2.05) is 27.7 Å². The van der Waals surface area contributed by atoms with Crippen LogP contribution in [0.1, 0.15) is 45.0 Å². The molecule has 29 heavy (non-hydrogen) atoms. The van der Waals surface area contributed by atoms with Crippen LogP contribution in [-0.2, 0) is 4.74 Å². The quantitative estimate of drug-likeness (QED) is 0.520. The third-order valence-corrected chi connectivity index (χ3v) is 4.98. The number of nitro groups is 1. The number of nitro benzene ring substituents is 1. The summed E-state index contributed by atoms with van der Waals surface area (Å²) in [5.74, 6) is -0.0203. The fourth-order valence-electron chi connectivity index (χ4n) is 3.49. The minimum atomic E-state index is -0.590. The lowest BCUT2D eigenvalue weighted by atomic mass is 9.99. The molecule has 9 heteroatoms. The van der Waals surface area contributed by atoms with Gasteiger partial charge in [-0.1, -0.05) is 0 Å². The maximum atomic E-state index is 12.8. The van der Waals surface area contributed by atoms with E-state index in [0.717, 1.165) is 13.1 Å². The van der Waals surface area contributed by atoms with Crippen molar-refractivity contribution in [2.24, 2.45) is 0 Å². The maximum absolute atomic E-state index is 12.8. The molecular formula is C20H31N3O6. The van der Waals surface area contributed by atoms with E-state index in [1.165, 1.54) is 19.2 Å². The molecule has 0 radical (unpaired) electrons. The number of methoxy groups -OCH3 is 1. The van der Waals surface area contributed by atoms with Gasteiger partial charge < -0.3 is 19.5 Å². The summed E-state index contributed by atoms with van der Waals surface area (Å²) in [6.07, 6.45) is 0.204. The number of rotatable bonds is 8. The number of nitrogens with zero attached hydrogens (tertiary/aromatic N) is 2. The molecule has 1 aromatic rings. The Morgan fingerprint density at radius 2 is 1.93 bits per heavy atom. The molecule has 1 aromatic carbocycles. The largest absolute Gasteiger partial charge is 0.493 e. The van der Waals surface area contributed by atoms with E-state index >= 15 is 0 Å². The Morgan fingerprint density at radius 1 is 1.31 bits per heavy atom. The highest BCUT2D eigenvalue weighted by molar-refractivity contribution is 5.99. The van der Waals surface area contributed by atoms with E-state index in [0.29, 0.717) is 13.2 Å². The second kappa shape index (κ2) is 9.41. The minimum Gasteiger partial charge on any atom is -0.493 e. The molecule has 2 rings (SSSR count). The molecule has 9 nitrogen and oxygen atoms in total. The van der Waals surface area contributed by atoms with Gasteiger partial charge in [-0.2, -0.15) is 0 Å². The second-order valence-electron chi connectivity index (χ2n) is 7.87. The number of ether oxygens (including phenoxy) is 3. The molecule has 0 aliphatic carbocycles. The van der Waals surface area contributed by atoms with Gasteiger partial charge in [-0.15, -0.1) is 0 Å². The first-order valence-corrected chi connectivity index (χ1v) is 9.77. The zero-order chi connectivity index (χ0) is 21.8. The Labute approximate surface area is 171 Å². The van der Waals surface area contributed by atoms with Gasteiger partial charge in [0.05, 0.1) is 36.9 Å². The van der Waals surface area contributed by atoms with Gasteiger partial charge in [-0.05, 0) is 34.6 Å². The lowest BCUT2D eigenvalue weighted by molar-refractivity contribution is -0.385. The molecular weight excluding hydrogens is 378 g/mol. The molecule has 0 saturated carbocycles. The van der Waals surface area contributed by atoms with Crippen molar-refractivity contribution in [3.8, 4) is 11.5 Å². The SMILES string of the molecule is CCOc1cc([N+](=O)[O-])c(C(=O)NCC(C)(C)N2CC(C)OC(C)C2)cc1OC. The van der Waals surface area contributed by atoms with E-state index in [-0.39, 0.29) is 40.5 Å². The van der Waals surface area contributed by atoms with Crippen LogP contribution in [0.25, 0.3) is 0 Å². The third-order valence-electron chi connectivity index (χ3n) is 4.98. The van der Waals surface area contributed by atoms with Crippen molar-refractivity contribution in [1.29, 1.82) is 0 Å². The molecule has 0 spiro atoms. The van der Waals surface area contributed by atoms with E-state index in [4.69, 9.17) is 14.2 Å². The summed E-state index contributed by atoms with van der Waals surface area (Å²) in [7, 11) is 1.43. The first kappa shape index (κ1) is 22.9. The van der Waals surface area contributed by atoms with Crippen molar-refractivity contribution in [1.82, 2.24) is 10.2 Å². The molecule has 1 amide bonds. The Kier molecular flexibility index (Phi) is 7.43. The summed E-state index contributed by atoms with van der Waals surface area (Å²) >= 11 is 0. The van der Waals surface area contributed by atoms with Gasteiger partial charge in [0.2, 0.25) is 0 Å². The molecule has 1 aliphatic heterocycles. The van der Waals surface area contributed by atoms with Crippen molar-refractivity contribution in [3.63, 3.8) is 0 Å². The summed E-state index contributed by atoms with van der Waals surface area (Å²) in [4.78, 5) is 26.0. The number of amides is 1. The normalized spacial score (nSPS) is 20.2. The summed E-state index contributed by atoms with van der Waals surface area (Å²) in [5.41, 5.74) is -0.723. The molecule has 1 fully saturated rings. The van der Waals surface area contributed by atoms with Gasteiger partial charge >= 0.3 is 0 Å². The van der Waals surface area contributed by atoms with Gasteiger partial charge in [0.15, 0.2) is 11.5 Å². The van der Waals surface area contributed by atoms with Gasteiger partial charge in [0, 0.05) is 31.2 Å². The number of hydrogen-bond donors (Lipinski definition) is 1. The smallest absolute Gasteiger partial charge is 0.286 e. The first-order chi connectivity index (χ1) is 13.6. The molecule has 0 bridgehead atoms. The average Bonchev–Trinajstić information content (AvgIpc) is 2.65. The fraction of sp³-hybridized carbons (Fsp3) is 0.650. The number of carbonyl (C=O) groups excluding carboxylic acids is 1. The fourth-order valence-corrected chi connectivity index (χ4v) is 3.49. The Morgan fingerprint density at radius 3 is 2.45 bits per heavy atom. The predicted molar refractivity (Wildman–Crippen MR) is 109 cm³/mol. The molecule has 1 heterocycles. The van der Waals surface area contributed by atoms with Gasteiger partial charge in [-0.3, -0.25) is 19.8 Å².